The summed E-state index contributed by atoms with van der Waals surface area (Å²) in [6.07, 6.45) is 2.04. The van der Waals surface area contributed by atoms with Crippen molar-refractivity contribution in [3.05, 3.63) is 65.1 Å². The van der Waals surface area contributed by atoms with Gasteiger partial charge in [-0.2, -0.15) is 4.98 Å². The van der Waals surface area contributed by atoms with Crippen LogP contribution in [0.1, 0.15) is 22.6 Å². The maximum Gasteiger partial charge on any atom is 0.312 e. The minimum Gasteiger partial charge on any atom is -0.495 e. The maximum atomic E-state index is 14.8. The standard InChI is InChI=1S/C24H24FN5O3/c1-29-8-7-14-10-21(33-2)19(9-15(14)12-29)27-24-26-11-18(25)22(28-24)30-13-17(23(31)32)16-5-3-4-6-20(16)30/h3-6,9-11,17H,7-8,12-13H2,1-2H3,(H,31,32)(H,26,27,28). The Hall–Kier alpha value is -3.72. The van der Waals surface area contributed by atoms with E-state index in [1.54, 1.807) is 36.3 Å². The molecule has 0 amide bonds. The van der Waals surface area contributed by atoms with Crippen LogP contribution in [0.2, 0.25) is 0 Å². The zero-order valence-corrected chi connectivity index (χ0v) is 18.4. The Balaban J connectivity index is 1.50. The number of halogens is 1. The van der Waals surface area contributed by atoms with Crippen LogP contribution in [0.5, 0.6) is 5.75 Å². The summed E-state index contributed by atoms with van der Waals surface area (Å²) >= 11 is 0. The Morgan fingerprint density at radius 3 is 2.88 bits per heavy atom. The SMILES string of the molecule is COc1cc2c(cc1Nc1ncc(F)c(N3CC(C(=O)O)c4ccccc43)n1)CN(C)CC2. The van der Waals surface area contributed by atoms with Crippen molar-refractivity contribution in [1.82, 2.24) is 14.9 Å². The number of hydrogen-bond acceptors (Lipinski definition) is 7. The molecular formula is C24H24FN5O3. The Kier molecular flexibility index (Phi) is 5.33. The van der Waals surface area contributed by atoms with Crippen molar-refractivity contribution in [2.75, 3.05) is 37.5 Å². The van der Waals surface area contributed by atoms with Crippen LogP contribution >= 0.6 is 0 Å². The average molecular weight is 449 g/mol. The zero-order chi connectivity index (χ0) is 23.1. The molecule has 0 bridgehead atoms. The predicted molar refractivity (Wildman–Crippen MR) is 122 cm³/mol. The summed E-state index contributed by atoms with van der Waals surface area (Å²) in [5.41, 5.74) is 4.38. The number of aliphatic carboxylic acids is 1. The first-order chi connectivity index (χ1) is 15.9. The first-order valence-electron chi connectivity index (χ1n) is 10.7. The molecule has 0 saturated heterocycles. The molecule has 1 unspecified atom stereocenters. The van der Waals surface area contributed by atoms with Crippen LogP contribution in [0.25, 0.3) is 0 Å². The number of nitrogens with zero attached hydrogens (tertiary/aromatic N) is 4. The lowest BCUT2D eigenvalue weighted by molar-refractivity contribution is -0.138. The molecule has 0 aliphatic carbocycles. The van der Waals surface area contributed by atoms with Crippen LogP contribution in [-0.4, -0.2) is 53.2 Å². The highest BCUT2D eigenvalue weighted by molar-refractivity contribution is 5.85. The molecule has 0 spiro atoms. The maximum absolute atomic E-state index is 14.8. The highest BCUT2D eigenvalue weighted by Gasteiger charge is 2.36. The van der Waals surface area contributed by atoms with Crippen molar-refractivity contribution < 1.29 is 19.0 Å². The molecule has 1 atom stereocenters. The fraction of sp³-hybridized carbons (Fsp3) is 0.292. The number of benzene rings is 2. The first kappa shape index (κ1) is 21.1. The number of hydrogen-bond donors (Lipinski definition) is 2. The number of aromatic nitrogens is 2. The van der Waals surface area contributed by atoms with Gasteiger partial charge in [-0.3, -0.25) is 4.79 Å². The van der Waals surface area contributed by atoms with Crippen molar-refractivity contribution >= 4 is 29.1 Å². The second-order valence-corrected chi connectivity index (χ2v) is 8.36. The van der Waals surface area contributed by atoms with Crippen LogP contribution in [0, 0.1) is 5.82 Å². The molecule has 5 rings (SSSR count). The van der Waals surface area contributed by atoms with Crippen molar-refractivity contribution in [2.45, 2.75) is 18.9 Å². The highest BCUT2D eigenvalue weighted by atomic mass is 19.1. The molecule has 0 saturated carbocycles. The van der Waals surface area contributed by atoms with E-state index in [-0.39, 0.29) is 18.3 Å². The van der Waals surface area contributed by atoms with Crippen LogP contribution in [0.4, 0.5) is 27.5 Å². The Labute approximate surface area is 190 Å². The average Bonchev–Trinajstić information content (AvgIpc) is 3.20. The van der Waals surface area contributed by atoms with Crippen molar-refractivity contribution in [1.29, 1.82) is 0 Å². The molecule has 0 radical (unpaired) electrons. The van der Waals surface area contributed by atoms with E-state index in [4.69, 9.17) is 4.74 Å². The second kappa shape index (κ2) is 8.32. The topological polar surface area (TPSA) is 90.8 Å². The van der Waals surface area contributed by atoms with Crippen molar-refractivity contribution in [3.8, 4) is 5.75 Å². The molecule has 2 aliphatic rings. The smallest absolute Gasteiger partial charge is 0.312 e. The van der Waals surface area contributed by atoms with Gasteiger partial charge in [0.25, 0.3) is 0 Å². The lowest BCUT2D eigenvalue weighted by atomic mass is 9.99. The fourth-order valence-corrected chi connectivity index (χ4v) is 4.54. The summed E-state index contributed by atoms with van der Waals surface area (Å²) < 4.78 is 20.4. The van der Waals surface area contributed by atoms with Gasteiger partial charge in [0, 0.05) is 25.3 Å². The summed E-state index contributed by atoms with van der Waals surface area (Å²) in [4.78, 5) is 24.1. The molecule has 2 N–H and O–H groups in total. The number of anilines is 4. The second-order valence-electron chi connectivity index (χ2n) is 8.36. The molecule has 3 aromatic rings. The minimum atomic E-state index is -0.957. The normalized spacial score (nSPS) is 17.4. The molecule has 1 aromatic heterocycles. The predicted octanol–water partition coefficient (Wildman–Crippen LogP) is 3.68. The van der Waals surface area contributed by atoms with Crippen molar-refractivity contribution in [2.24, 2.45) is 0 Å². The number of carboxylic acid groups (broad SMARTS) is 1. The fourth-order valence-electron chi connectivity index (χ4n) is 4.54. The molecule has 9 heteroatoms. The van der Waals surface area contributed by atoms with Gasteiger partial charge in [-0.25, -0.2) is 9.37 Å². The lowest BCUT2D eigenvalue weighted by Crippen LogP contribution is -2.26. The largest absolute Gasteiger partial charge is 0.495 e. The van der Waals surface area contributed by atoms with E-state index in [9.17, 15) is 14.3 Å². The van der Waals surface area contributed by atoms with Gasteiger partial charge in [0.2, 0.25) is 5.95 Å². The number of likely N-dealkylation sites (N-methyl/N-ethyl adjacent to an activating group) is 1. The number of ether oxygens (including phenoxy) is 1. The first-order valence-corrected chi connectivity index (χ1v) is 10.7. The van der Waals surface area contributed by atoms with Gasteiger partial charge in [0.15, 0.2) is 11.6 Å². The third kappa shape index (κ3) is 3.84. The monoisotopic (exact) mass is 449 g/mol. The molecule has 2 aromatic carbocycles. The summed E-state index contributed by atoms with van der Waals surface area (Å²) in [7, 11) is 3.68. The summed E-state index contributed by atoms with van der Waals surface area (Å²) in [6.45, 7) is 1.91. The summed E-state index contributed by atoms with van der Waals surface area (Å²) in [6, 6.07) is 11.1. The van der Waals surface area contributed by atoms with Crippen molar-refractivity contribution in [3.63, 3.8) is 0 Å². The van der Waals surface area contributed by atoms with E-state index in [1.807, 2.05) is 12.1 Å². The van der Waals surface area contributed by atoms with E-state index in [0.29, 0.717) is 22.7 Å². The van der Waals surface area contributed by atoms with Crippen LogP contribution < -0.4 is 15.0 Å². The number of para-hydroxylation sites is 1. The third-order valence-corrected chi connectivity index (χ3v) is 6.22. The lowest BCUT2D eigenvalue weighted by Gasteiger charge is -2.26. The Morgan fingerprint density at radius 1 is 1.27 bits per heavy atom. The van der Waals surface area contributed by atoms with Gasteiger partial charge in [0.1, 0.15) is 11.7 Å². The Morgan fingerprint density at radius 2 is 2.09 bits per heavy atom. The summed E-state index contributed by atoms with van der Waals surface area (Å²) in [5.74, 6) is -1.46. The number of fused-ring (bicyclic) bond motifs is 2. The Bertz CT molecular complexity index is 1230. The van der Waals surface area contributed by atoms with Crippen LogP contribution in [0.15, 0.2) is 42.6 Å². The summed E-state index contributed by atoms with van der Waals surface area (Å²) in [5, 5.41) is 12.8. The molecule has 2 aliphatic heterocycles. The third-order valence-electron chi connectivity index (χ3n) is 6.22. The number of methoxy groups -OCH3 is 1. The van der Waals surface area contributed by atoms with E-state index in [2.05, 4.69) is 27.2 Å². The van der Waals surface area contributed by atoms with Gasteiger partial charge in [-0.05, 0) is 48.4 Å². The molecule has 0 fully saturated rings. The van der Waals surface area contributed by atoms with E-state index >= 15 is 0 Å². The number of rotatable bonds is 5. The highest BCUT2D eigenvalue weighted by Crippen LogP contribution is 2.41. The van der Waals surface area contributed by atoms with Gasteiger partial charge < -0.3 is 25.0 Å². The van der Waals surface area contributed by atoms with E-state index < -0.39 is 17.7 Å². The van der Waals surface area contributed by atoms with Gasteiger partial charge in [0.05, 0.1) is 19.0 Å². The minimum absolute atomic E-state index is 0.0281. The quantitative estimate of drug-likeness (QED) is 0.610. The number of carbonyl (C=O) groups is 1. The van der Waals surface area contributed by atoms with Gasteiger partial charge in [-0.15, -0.1) is 0 Å². The van der Waals surface area contributed by atoms with Gasteiger partial charge in [-0.1, -0.05) is 18.2 Å². The molecule has 8 nitrogen and oxygen atoms in total. The number of nitrogens with one attached hydrogen (secondary N) is 1. The molecule has 33 heavy (non-hydrogen) atoms. The van der Waals surface area contributed by atoms with Gasteiger partial charge >= 0.3 is 5.97 Å². The zero-order valence-electron chi connectivity index (χ0n) is 18.4. The molecular weight excluding hydrogens is 425 g/mol. The van der Waals surface area contributed by atoms with Crippen LogP contribution in [-0.2, 0) is 17.8 Å². The number of carboxylic acids is 1. The molecule has 3 heterocycles. The van der Waals surface area contributed by atoms with E-state index in [0.717, 1.165) is 25.7 Å². The van der Waals surface area contributed by atoms with Crippen LogP contribution in [0.3, 0.4) is 0 Å². The molecule has 170 valence electrons. The van der Waals surface area contributed by atoms with E-state index in [1.165, 1.54) is 11.1 Å².